The number of rotatable bonds is 9. The minimum Gasteiger partial charge on any atom is -0.379 e. The summed E-state index contributed by atoms with van der Waals surface area (Å²) in [5.74, 6) is 2.21. The molecule has 0 amide bonds. The van der Waals surface area contributed by atoms with Crippen LogP contribution < -0.4 is 10.6 Å². The molecule has 2 fully saturated rings. The average Bonchev–Trinajstić information content (AvgIpc) is 3.20. The van der Waals surface area contributed by atoms with Crippen LogP contribution in [0.1, 0.15) is 46.0 Å². The van der Waals surface area contributed by atoms with E-state index < -0.39 is 0 Å². The van der Waals surface area contributed by atoms with E-state index >= 15 is 0 Å². The molecule has 7 heteroatoms. The van der Waals surface area contributed by atoms with Crippen molar-refractivity contribution in [3.05, 3.63) is 0 Å². The maximum atomic E-state index is 5.69. The Morgan fingerprint density at radius 3 is 2.92 bits per heavy atom. The Balaban J connectivity index is 0.00000288. The molecular formula is C17H34IN3O2S. The van der Waals surface area contributed by atoms with Crippen molar-refractivity contribution in [2.45, 2.75) is 56.8 Å². The highest BCUT2D eigenvalue weighted by molar-refractivity contribution is 14.0. The highest BCUT2D eigenvalue weighted by Crippen LogP contribution is 2.37. The van der Waals surface area contributed by atoms with Crippen molar-refractivity contribution in [2.24, 2.45) is 4.99 Å². The van der Waals surface area contributed by atoms with Gasteiger partial charge < -0.3 is 20.1 Å². The number of halogens is 1. The fraction of sp³-hybridized carbons (Fsp3) is 0.941. The molecule has 0 aromatic heterocycles. The Morgan fingerprint density at radius 2 is 2.25 bits per heavy atom. The third-order valence-electron chi connectivity index (χ3n) is 4.30. The summed E-state index contributed by atoms with van der Waals surface area (Å²) in [6, 6.07) is 0. The normalized spacial score (nSPS) is 27.1. The lowest BCUT2D eigenvalue weighted by atomic mass is 10.1. The van der Waals surface area contributed by atoms with Gasteiger partial charge >= 0.3 is 0 Å². The summed E-state index contributed by atoms with van der Waals surface area (Å²) in [6.45, 7) is 9.53. The molecule has 0 spiro atoms. The highest BCUT2D eigenvalue weighted by Gasteiger charge is 2.29. The third kappa shape index (κ3) is 8.58. The van der Waals surface area contributed by atoms with Crippen LogP contribution >= 0.6 is 35.7 Å². The molecular weight excluding hydrogens is 437 g/mol. The van der Waals surface area contributed by atoms with E-state index in [1.54, 1.807) is 0 Å². The molecule has 2 atom stereocenters. The molecule has 2 aliphatic heterocycles. The van der Waals surface area contributed by atoms with Crippen LogP contribution in [0.3, 0.4) is 0 Å². The van der Waals surface area contributed by atoms with Crippen LogP contribution in [0.15, 0.2) is 4.99 Å². The van der Waals surface area contributed by atoms with Crippen LogP contribution in [-0.4, -0.2) is 62.0 Å². The van der Waals surface area contributed by atoms with Crippen LogP contribution in [0.25, 0.3) is 0 Å². The Hall–Kier alpha value is 0.270. The Kier molecular flexibility index (Phi) is 11.7. The van der Waals surface area contributed by atoms with Crippen LogP contribution in [0, 0.1) is 0 Å². The average molecular weight is 471 g/mol. The first kappa shape index (κ1) is 22.3. The largest absolute Gasteiger partial charge is 0.379 e. The molecule has 142 valence electrons. The number of nitrogens with one attached hydrogen (secondary N) is 2. The van der Waals surface area contributed by atoms with Gasteiger partial charge in [0.15, 0.2) is 5.96 Å². The number of hydrogen-bond donors (Lipinski definition) is 2. The monoisotopic (exact) mass is 471 g/mol. The molecule has 0 aliphatic carbocycles. The maximum absolute atomic E-state index is 5.69. The fourth-order valence-corrected chi connectivity index (χ4v) is 4.15. The second-order valence-electron chi connectivity index (χ2n) is 6.59. The van der Waals surface area contributed by atoms with Gasteiger partial charge in [-0.3, -0.25) is 4.99 Å². The molecule has 2 N–H and O–H groups in total. The summed E-state index contributed by atoms with van der Waals surface area (Å²) in [4.78, 5) is 4.76. The van der Waals surface area contributed by atoms with Gasteiger partial charge in [-0.1, -0.05) is 0 Å². The van der Waals surface area contributed by atoms with E-state index in [4.69, 9.17) is 14.5 Å². The van der Waals surface area contributed by atoms with Crippen molar-refractivity contribution >= 4 is 41.7 Å². The van der Waals surface area contributed by atoms with Crippen molar-refractivity contribution in [1.82, 2.24) is 10.6 Å². The number of guanidine groups is 1. The van der Waals surface area contributed by atoms with Crippen molar-refractivity contribution in [1.29, 1.82) is 0 Å². The standard InChI is InChI=1S/C17H33N3O2S.HI/c1-3-18-16(20-14-17(2)8-5-12-23-17)19-9-6-10-21-13-15-7-4-11-22-15;/h15H,3-14H2,1-2H3,(H2,18,19,20);1H. The Bertz CT molecular complexity index is 360. The summed E-state index contributed by atoms with van der Waals surface area (Å²) in [5.41, 5.74) is 0. The molecule has 2 unspecified atom stereocenters. The number of hydrogen-bond acceptors (Lipinski definition) is 4. The second-order valence-corrected chi connectivity index (χ2v) is 8.27. The minimum atomic E-state index is 0. The molecule has 2 aliphatic rings. The molecule has 0 radical (unpaired) electrons. The Labute approximate surface area is 168 Å². The molecule has 0 aromatic carbocycles. The van der Waals surface area contributed by atoms with Gasteiger partial charge in [0.25, 0.3) is 0 Å². The first-order valence-electron chi connectivity index (χ1n) is 9.07. The number of aliphatic imine (C=N–C) groups is 1. The van der Waals surface area contributed by atoms with E-state index in [2.05, 4.69) is 36.2 Å². The van der Waals surface area contributed by atoms with Gasteiger partial charge in [0, 0.05) is 31.1 Å². The van der Waals surface area contributed by atoms with E-state index in [1.165, 1.54) is 25.0 Å². The quantitative estimate of drug-likeness (QED) is 0.234. The molecule has 0 aromatic rings. The Morgan fingerprint density at radius 1 is 1.38 bits per heavy atom. The SMILES string of the molecule is CCNC(=NCC1(C)CCCS1)NCCCOCC1CCCO1.I. The molecule has 2 saturated heterocycles. The summed E-state index contributed by atoms with van der Waals surface area (Å²) in [7, 11) is 0. The molecule has 2 heterocycles. The fourth-order valence-electron chi connectivity index (χ4n) is 2.92. The van der Waals surface area contributed by atoms with Gasteiger partial charge in [-0.15, -0.1) is 24.0 Å². The van der Waals surface area contributed by atoms with Crippen LogP contribution in [-0.2, 0) is 9.47 Å². The van der Waals surface area contributed by atoms with Crippen molar-refractivity contribution in [3.8, 4) is 0 Å². The number of nitrogens with zero attached hydrogens (tertiary/aromatic N) is 1. The summed E-state index contributed by atoms with van der Waals surface area (Å²) in [6.07, 6.45) is 6.23. The predicted molar refractivity (Wildman–Crippen MR) is 114 cm³/mol. The highest BCUT2D eigenvalue weighted by atomic mass is 127. The molecule has 0 saturated carbocycles. The van der Waals surface area contributed by atoms with Gasteiger partial charge in [0.2, 0.25) is 0 Å². The number of ether oxygens (including phenoxy) is 2. The van der Waals surface area contributed by atoms with Crippen LogP contribution in [0.4, 0.5) is 0 Å². The molecule has 24 heavy (non-hydrogen) atoms. The van der Waals surface area contributed by atoms with Gasteiger partial charge in [-0.25, -0.2) is 0 Å². The first-order valence-corrected chi connectivity index (χ1v) is 10.1. The lowest BCUT2D eigenvalue weighted by Crippen LogP contribution is -2.39. The van der Waals surface area contributed by atoms with Crippen LogP contribution in [0.5, 0.6) is 0 Å². The molecule has 0 bridgehead atoms. The van der Waals surface area contributed by atoms with E-state index in [1.807, 2.05) is 0 Å². The van der Waals surface area contributed by atoms with E-state index in [-0.39, 0.29) is 24.0 Å². The minimum absolute atomic E-state index is 0. The second kappa shape index (κ2) is 12.6. The van der Waals surface area contributed by atoms with Gasteiger partial charge in [-0.05, 0) is 51.7 Å². The van der Waals surface area contributed by atoms with Gasteiger partial charge in [0.1, 0.15) is 0 Å². The lowest BCUT2D eigenvalue weighted by molar-refractivity contribution is 0.0168. The summed E-state index contributed by atoms with van der Waals surface area (Å²) < 4.78 is 11.6. The number of thioether (sulfide) groups is 1. The van der Waals surface area contributed by atoms with Gasteiger partial charge in [0.05, 0.1) is 19.3 Å². The van der Waals surface area contributed by atoms with Crippen molar-refractivity contribution in [2.75, 3.05) is 45.2 Å². The first-order chi connectivity index (χ1) is 11.2. The van der Waals surface area contributed by atoms with Gasteiger partial charge in [-0.2, -0.15) is 11.8 Å². The third-order valence-corrected chi connectivity index (χ3v) is 5.82. The predicted octanol–water partition coefficient (Wildman–Crippen LogP) is 3.03. The van der Waals surface area contributed by atoms with Crippen molar-refractivity contribution < 1.29 is 9.47 Å². The summed E-state index contributed by atoms with van der Waals surface area (Å²) in [5, 5.41) is 6.74. The van der Waals surface area contributed by atoms with E-state index in [0.29, 0.717) is 10.9 Å². The zero-order valence-electron chi connectivity index (χ0n) is 15.1. The smallest absolute Gasteiger partial charge is 0.191 e. The molecule has 5 nitrogen and oxygen atoms in total. The molecule has 2 rings (SSSR count). The van der Waals surface area contributed by atoms with Crippen LogP contribution in [0.2, 0.25) is 0 Å². The van der Waals surface area contributed by atoms with E-state index in [9.17, 15) is 0 Å². The van der Waals surface area contributed by atoms with Crippen molar-refractivity contribution in [3.63, 3.8) is 0 Å². The van der Waals surface area contributed by atoms with E-state index in [0.717, 1.165) is 58.3 Å². The maximum Gasteiger partial charge on any atom is 0.191 e. The zero-order chi connectivity index (χ0) is 16.4. The summed E-state index contributed by atoms with van der Waals surface area (Å²) >= 11 is 2.06. The zero-order valence-corrected chi connectivity index (χ0v) is 18.3. The topological polar surface area (TPSA) is 54.9 Å². The lowest BCUT2D eigenvalue weighted by Gasteiger charge is -2.21.